The summed E-state index contributed by atoms with van der Waals surface area (Å²) in [4.78, 5) is 5.04. The van der Waals surface area contributed by atoms with Gasteiger partial charge in [-0.2, -0.15) is 0 Å². The Morgan fingerprint density at radius 1 is 0.952 bits per heavy atom. The topological polar surface area (TPSA) is 26.7 Å². The summed E-state index contributed by atoms with van der Waals surface area (Å²) in [6, 6.07) is 10.4. The van der Waals surface area contributed by atoms with Gasteiger partial charge in [0.25, 0.3) is 0 Å². The number of nitrogens with zero attached hydrogens (tertiary/aromatic N) is 2. The summed E-state index contributed by atoms with van der Waals surface area (Å²) in [5.41, 5.74) is 1.31. The molecule has 0 spiro atoms. The summed E-state index contributed by atoms with van der Waals surface area (Å²) in [7, 11) is 0. The molecule has 0 bridgehead atoms. The molecule has 0 aromatic heterocycles. The smallest absolute Gasteiger partial charge is 0.0537 e. The van der Waals surface area contributed by atoms with Gasteiger partial charge in [0.2, 0.25) is 0 Å². The molecule has 1 fully saturated rings. The quantitative estimate of drug-likeness (QED) is 0.922. The molecule has 1 saturated heterocycles. The van der Waals surface area contributed by atoms with Gasteiger partial charge in [0.05, 0.1) is 6.61 Å². The molecule has 1 aliphatic heterocycles. The van der Waals surface area contributed by atoms with Crippen LogP contribution in [-0.4, -0.2) is 59.8 Å². The predicted octanol–water partition coefficient (Wildman–Crippen LogP) is 2.35. The zero-order chi connectivity index (χ0) is 15.5. The minimum Gasteiger partial charge on any atom is -0.395 e. The highest BCUT2D eigenvalue weighted by atomic mass is 16.3. The van der Waals surface area contributed by atoms with Gasteiger partial charge in [-0.15, -0.1) is 0 Å². The van der Waals surface area contributed by atoms with Crippen molar-refractivity contribution < 1.29 is 5.11 Å². The molecule has 0 amide bonds. The molecule has 21 heavy (non-hydrogen) atoms. The van der Waals surface area contributed by atoms with Gasteiger partial charge in [-0.05, 0) is 26.3 Å². The molecule has 1 atom stereocenters. The molecule has 3 nitrogen and oxygen atoms in total. The van der Waals surface area contributed by atoms with E-state index in [1.807, 2.05) is 6.07 Å². The van der Waals surface area contributed by atoms with Crippen LogP contribution in [-0.2, 0) is 5.41 Å². The molecule has 1 N–H and O–H groups in total. The SMILES string of the molecule is CC(CO)(CN1CCN(C(C)(C)C)CC1)c1ccccc1. The highest BCUT2D eigenvalue weighted by Gasteiger charge is 2.32. The highest BCUT2D eigenvalue weighted by molar-refractivity contribution is 5.25. The molecule has 1 heterocycles. The van der Waals surface area contributed by atoms with Crippen molar-refractivity contribution in [3.05, 3.63) is 35.9 Å². The van der Waals surface area contributed by atoms with Crippen LogP contribution >= 0.6 is 0 Å². The number of aliphatic hydroxyl groups is 1. The van der Waals surface area contributed by atoms with E-state index in [0.717, 1.165) is 32.7 Å². The Kier molecular flexibility index (Phi) is 5.07. The Hall–Kier alpha value is -0.900. The fourth-order valence-electron chi connectivity index (χ4n) is 3.14. The lowest BCUT2D eigenvalue weighted by Gasteiger charge is -2.44. The average molecular weight is 290 g/mol. The summed E-state index contributed by atoms with van der Waals surface area (Å²) < 4.78 is 0. The Balaban J connectivity index is 1.98. The van der Waals surface area contributed by atoms with Crippen molar-refractivity contribution in [1.29, 1.82) is 0 Å². The summed E-state index contributed by atoms with van der Waals surface area (Å²) in [6.07, 6.45) is 0. The average Bonchev–Trinajstić information content (AvgIpc) is 2.47. The third-order valence-electron chi connectivity index (χ3n) is 4.71. The second-order valence-electron chi connectivity index (χ2n) is 7.52. The van der Waals surface area contributed by atoms with Gasteiger partial charge in [-0.25, -0.2) is 0 Å². The number of rotatable bonds is 4. The van der Waals surface area contributed by atoms with Gasteiger partial charge >= 0.3 is 0 Å². The van der Waals surface area contributed by atoms with E-state index in [2.05, 4.69) is 61.8 Å². The molecular formula is C18H30N2O. The first-order valence-corrected chi connectivity index (χ1v) is 7.99. The lowest BCUT2D eigenvalue weighted by Crippen LogP contribution is -2.55. The minimum absolute atomic E-state index is 0.175. The first kappa shape index (κ1) is 16.5. The maximum Gasteiger partial charge on any atom is 0.0537 e. The second kappa shape index (κ2) is 6.47. The fraction of sp³-hybridized carbons (Fsp3) is 0.667. The van der Waals surface area contributed by atoms with Gasteiger partial charge in [0.1, 0.15) is 0 Å². The van der Waals surface area contributed by atoms with E-state index in [4.69, 9.17) is 0 Å². The normalized spacial score (nSPS) is 21.2. The fourth-order valence-corrected chi connectivity index (χ4v) is 3.14. The van der Waals surface area contributed by atoms with E-state index in [1.165, 1.54) is 5.56 Å². The first-order chi connectivity index (χ1) is 9.85. The number of piperazine rings is 1. The van der Waals surface area contributed by atoms with Gasteiger partial charge in [0, 0.05) is 43.7 Å². The minimum atomic E-state index is -0.175. The van der Waals surface area contributed by atoms with Crippen molar-refractivity contribution in [3.63, 3.8) is 0 Å². The third-order valence-corrected chi connectivity index (χ3v) is 4.71. The van der Waals surface area contributed by atoms with E-state index < -0.39 is 0 Å². The summed E-state index contributed by atoms with van der Waals surface area (Å²) in [6.45, 7) is 14.5. The van der Waals surface area contributed by atoms with Crippen LogP contribution in [0.1, 0.15) is 33.3 Å². The standard InChI is InChI=1S/C18H30N2O/c1-17(2,3)20-12-10-19(11-13-20)14-18(4,15-21)16-8-6-5-7-9-16/h5-9,21H,10-15H2,1-4H3. The lowest BCUT2D eigenvalue weighted by molar-refractivity contribution is 0.0450. The Bertz CT molecular complexity index is 432. The van der Waals surface area contributed by atoms with E-state index >= 15 is 0 Å². The molecule has 118 valence electrons. The molecule has 0 saturated carbocycles. The van der Waals surface area contributed by atoms with Crippen LogP contribution in [0.2, 0.25) is 0 Å². The van der Waals surface area contributed by atoms with Crippen molar-refractivity contribution in [2.24, 2.45) is 0 Å². The Morgan fingerprint density at radius 3 is 2.00 bits per heavy atom. The van der Waals surface area contributed by atoms with Crippen molar-refractivity contribution >= 4 is 0 Å². The molecule has 0 radical (unpaired) electrons. The molecule has 3 heteroatoms. The number of hydrogen-bond acceptors (Lipinski definition) is 3. The van der Waals surface area contributed by atoms with Crippen LogP contribution in [0.3, 0.4) is 0 Å². The summed E-state index contributed by atoms with van der Waals surface area (Å²) in [5, 5.41) is 9.91. The van der Waals surface area contributed by atoms with Gasteiger partial charge in [-0.3, -0.25) is 9.80 Å². The molecule has 1 aromatic carbocycles. The zero-order valence-electron chi connectivity index (χ0n) is 14.0. The summed E-state index contributed by atoms with van der Waals surface area (Å²) >= 11 is 0. The predicted molar refractivity (Wildman–Crippen MR) is 88.6 cm³/mol. The van der Waals surface area contributed by atoms with Crippen LogP contribution in [0.4, 0.5) is 0 Å². The van der Waals surface area contributed by atoms with Crippen LogP contribution in [0.25, 0.3) is 0 Å². The van der Waals surface area contributed by atoms with Crippen molar-refractivity contribution in [3.8, 4) is 0 Å². The maximum atomic E-state index is 9.91. The number of hydrogen-bond donors (Lipinski definition) is 1. The van der Waals surface area contributed by atoms with E-state index in [9.17, 15) is 5.11 Å². The monoisotopic (exact) mass is 290 g/mol. The highest BCUT2D eigenvalue weighted by Crippen LogP contribution is 2.25. The molecular weight excluding hydrogens is 260 g/mol. The van der Waals surface area contributed by atoms with E-state index in [1.54, 1.807) is 0 Å². The van der Waals surface area contributed by atoms with Crippen LogP contribution in [0.15, 0.2) is 30.3 Å². The van der Waals surface area contributed by atoms with Crippen molar-refractivity contribution in [1.82, 2.24) is 9.80 Å². The molecule has 1 aliphatic rings. The zero-order valence-corrected chi connectivity index (χ0v) is 14.0. The van der Waals surface area contributed by atoms with Crippen LogP contribution in [0, 0.1) is 0 Å². The molecule has 0 aliphatic carbocycles. The lowest BCUT2D eigenvalue weighted by atomic mass is 9.82. The van der Waals surface area contributed by atoms with Crippen LogP contribution in [0.5, 0.6) is 0 Å². The second-order valence-corrected chi connectivity index (χ2v) is 7.52. The van der Waals surface area contributed by atoms with Gasteiger partial charge in [-0.1, -0.05) is 37.3 Å². The molecule has 1 unspecified atom stereocenters. The third kappa shape index (κ3) is 4.06. The van der Waals surface area contributed by atoms with Crippen molar-refractivity contribution in [2.75, 3.05) is 39.3 Å². The maximum absolute atomic E-state index is 9.91. The Labute approximate surface area is 129 Å². The van der Waals surface area contributed by atoms with Gasteiger partial charge < -0.3 is 5.11 Å². The number of aliphatic hydroxyl groups excluding tert-OH is 1. The van der Waals surface area contributed by atoms with Crippen molar-refractivity contribution in [2.45, 2.75) is 38.6 Å². The first-order valence-electron chi connectivity index (χ1n) is 7.99. The Morgan fingerprint density at radius 2 is 1.52 bits per heavy atom. The molecule has 1 aromatic rings. The van der Waals surface area contributed by atoms with Crippen LogP contribution < -0.4 is 0 Å². The molecule has 2 rings (SSSR count). The number of benzene rings is 1. The van der Waals surface area contributed by atoms with E-state index in [-0.39, 0.29) is 17.6 Å². The summed E-state index contributed by atoms with van der Waals surface area (Å²) in [5.74, 6) is 0. The van der Waals surface area contributed by atoms with E-state index in [0.29, 0.717) is 0 Å². The largest absolute Gasteiger partial charge is 0.395 e. The van der Waals surface area contributed by atoms with Gasteiger partial charge in [0.15, 0.2) is 0 Å².